The number of hydrogen-bond acceptors (Lipinski definition) is 2. The largest absolute Gasteiger partial charge is 0.386 e. The summed E-state index contributed by atoms with van der Waals surface area (Å²) < 4.78 is 0. The molecule has 8 N–H and O–H groups in total. The summed E-state index contributed by atoms with van der Waals surface area (Å²) in [6.07, 6.45) is 0. The molecule has 7 nitrogen and oxygen atoms in total. The number of nitrogens with one attached hydrogen (secondary N) is 2. The molecule has 11 heavy (non-hydrogen) atoms. The normalized spacial score (nSPS) is 12.8. The van der Waals surface area contributed by atoms with Crippen LogP contribution in [0, 0.1) is 5.41 Å². The zero-order chi connectivity index (χ0) is 8.85. The molecule has 0 rings (SSSR count). The number of nitrogens with two attached hydrogens (primary N) is 3. The molecule has 0 saturated carbocycles. The van der Waals surface area contributed by atoms with Crippen molar-refractivity contribution >= 4 is 17.8 Å². The molecule has 0 aromatic carbocycles. The lowest BCUT2D eigenvalue weighted by molar-refractivity contribution is 0.998. The van der Waals surface area contributed by atoms with E-state index >= 15 is 0 Å². The van der Waals surface area contributed by atoms with Crippen molar-refractivity contribution in [3.05, 3.63) is 0 Å². The molecule has 0 radical (unpaired) electrons. The number of guanidine groups is 2. The van der Waals surface area contributed by atoms with E-state index in [0.29, 0.717) is 5.84 Å². The van der Waals surface area contributed by atoms with E-state index in [1.807, 2.05) is 0 Å². The fourth-order valence-corrected chi connectivity index (χ4v) is 0.300. The number of nitrogens with zero attached hydrogens (tertiary/aromatic N) is 2. The van der Waals surface area contributed by atoms with Gasteiger partial charge < -0.3 is 17.2 Å². The van der Waals surface area contributed by atoms with Gasteiger partial charge in [0.2, 0.25) is 11.9 Å². The summed E-state index contributed by atoms with van der Waals surface area (Å²) in [5.74, 6) is -0.145. The molecular formula is C4H11N7. The molecule has 7 heteroatoms. The minimum Gasteiger partial charge on any atom is -0.386 e. The first-order valence-electron chi connectivity index (χ1n) is 2.76. The van der Waals surface area contributed by atoms with Crippen molar-refractivity contribution in [2.75, 3.05) is 0 Å². The second kappa shape index (κ2) is 4.09. The van der Waals surface area contributed by atoms with Gasteiger partial charge in [0.25, 0.3) is 0 Å². The van der Waals surface area contributed by atoms with Crippen molar-refractivity contribution < 1.29 is 0 Å². The van der Waals surface area contributed by atoms with Gasteiger partial charge in [0.05, 0.1) is 0 Å². The highest BCUT2D eigenvalue weighted by molar-refractivity contribution is 5.92. The van der Waals surface area contributed by atoms with Crippen molar-refractivity contribution in [3.8, 4) is 0 Å². The van der Waals surface area contributed by atoms with Crippen LogP contribution in [0.2, 0.25) is 0 Å². The molecule has 0 aromatic rings. The van der Waals surface area contributed by atoms with Gasteiger partial charge in [-0.3, -0.25) is 5.41 Å². The van der Waals surface area contributed by atoms with E-state index in [-0.39, 0.29) is 11.9 Å². The number of hydrazone groups is 1. The lowest BCUT2D eigenvalue weighted by Crippen LogP contribution is -2.31. The third-order valence-electron chi connectivity index (χ3n) is 0.588. The minimum atomic E-state index is -0.389. The van der Waals surface area contributed by atoms with Crippen molar-refractivity contribution in [3.63, 3.8) is 0 Å². The Morgan fingerprint density at radius 1 is 1.36 bits per heavy atom. The van der Waals surface area contributed by atoms with Gasteiger partial charge >= 0.3 is 0 Å². The topological polar surface area (TPSA) is 139 Å². The average Bonchev–Trinajstić information content (AvgIpc) is 1.82. The summed E-state index contributed by atoms with van der Waals surface area (Å²) in [5, 5.41) is 10.2. The zero-order valence-corrected chi connectivity index (χ0v) is 6.13. The lowest BCUT2D eigenvalue weighted by Gasteiger charge is -1.97. The molecule has 0 amide bonds. The highest BCUT2D eigenvalue weighted by atomic mass is 15.4. The first-order chi connectivity index (χ1) is 5.02. The molecule has 0 bridgehead atoms. The Kier molecular flexibility index (Phi) is 3.43. The monoisotopic (exact) mass is 157 g/mol. The van der Waals surface area contributed by atoms with Crippen molar-refractivity contribution in [2.24, 2.45) is 27.3 Å². The summed E-state index contributed by atoms with van der Waals surface area (Å²) in [5.41, 5.74) is 17.5. The molecule has 0 atom stereocenters. The van der Waals surface area contributed by atoms with Gasteiger partial charge in [0.15, 0.2) is 0 Å². The maximum Gasteiger partial charge on any atom is 0.217 e. The van der Waals surface area contributed by atoms with Crippen LogP contribution < -0.4 is 22.6 Å². The van der Waals surface area contributed by atoms with Crippen molar-refractivity contribution in [1.82, 2.24) is 5.43 Å². The number of amidine groups is 1. The van der Waals surface area contributed by atoms with Crippen LogP contribution in [0.1, 0.15) is 6.92 Å². The fraction of sp³-hybridized carbons (Fsp3) is 0.250. The average molecular weight is 157 g/mol. The molecule has 0 heterocycles. The second-order valence-corrected chi connectivity index (χ2v) is 1.75. The van der Waals surface area contributed by atoms with Crippen LogP contribution in [0.3, 0.4) is 0 Å². The second-order valence-electron chi connectivity index (χ2n) is 1.75. The predicted molar refractivity (Wildman–Crippen MR) is 44.0 cm³/mol. The summed E-state index contributed by atoms with van der Waals surface area (Å²) in [6.45, 7) is 1.58. The Labute approximate surface area is 63.8 Å². The van der Waals surface area contributed by atoms with E-state index in [0.717, 1.165) is 0 Å². The molecule has 0 unspecified atom stereocenters. The van der Waals surface area contributed by atoms with Crippen LogP contribution in [0.5, 0.6) is 0 Å². The Morgan fingerprint density at radius 2 is 1.91 bits per heavy atom. The smallest absolute Gasteiger partial charge is 0.217 e. The Bertz CT molecular complexity index is 198. The lowest BCUT2D eigenvalue weighted by atomic mass is 10.7. The van der Waals surface area contributed by atoms with Gasteiger partial charge in [-0.1, -0.05) is 0 Å². The van der Waals surface area contributed by atoms with Crippen LogP contribution in [0.25, 0.3) is 0 Å². The van der Waals surface area contributed by atoms with Gasteiger partial charge in [-0.2, -0.15) is 10.1 Å². The van der Waals surface area contributed by atoms with Gasteiger partial charge in [0, 0.05) is 0 Å². The highest BCUT2D eigenvalue weighted by Gasteiger charge is 1.88. The standard InChI is InChI=1S/C4H11N7/c1-2(5)10-11-4(8)9-3(6)7/h1H3,(H2,5,10)(H6,6,7,8,9,11). The quantitative estimate of drug-likeness (QED) is 0.172. The number of aliphatic imine (C=N–C) groups is 1. The van der Waals surface area contributed by atoms with Crippen LogP contribution in [-0.4, -0.2) is 17.8 Å². The van der Waals surface area contributed by atoms with E-state index in [4.69, 9.17) is 22.6 Å². The summed E-state index contributed by atoms with van der Waals surface area (Å²) in [4.78, 5) is 3.33. The van der Waals surface area contributed by atoms with Crippen molar-refractivity contribution in [2.45, 2.75) is 6.92 Å². The minimum absolute atomic E-state index is 0.0673. The summed E-state index contributed by atoms with van der Waals surface area (Å²) in [7, 11) is 0. The van der Waals surface area contributed by atoms with Crippen LogP contribution in [-0.2, 0) is 0 Å². The highest BCUT2D eigenvalue weighted by Crippen LogP contribution is 1.66. The van der Waals surface area contributed by atoms with Gasteiger partial charge in [-0.15, -0.1) is 0 Å². The van der Waals surface area contributed by atoms with Gasteiger partial charge in [-0.05, 0) is 6.92 Å². The summed E-state index contributed by atoms with van der Waals surface area (Å²) in [6, 6.07) is 0. The molecule has 0 aromatic heterocycles. The third-order valence-corrected chi connectivity index (χ3v) is 0.588. The van der Waals surface area contributed by atoms with Gasteiger partial charge in [0.1, 0.15) is 5.84 Å². The maximum atomic E-state index is 6.70. The van der Waals surface area contributed by atoms with Crippen molar-refractivity contribution in [1.29, 1.82) is 5.41 Å². The third kappa shape index (κ3) is 6.09. The fourth-order valence-electron chi connectivity index (χ4n) is 0.300. The van der Waals surface area contributed by atoms with Gasteiger partial charge in [-0.25, -0.2) is 5.43 Å². The molecular weight excluding hydrogens is 146 g/mol. The molecule has 0 spiro atoms. The van der Waals surface area contributed by atoms with E-state index in [1.54, 1.807) is 6.92 Å². The Hall–Kier alpha value is -1.79. The molecule has 0 aliphatic carbocycles. The number of hydrogen-bond donors (Lipinski definition) is 5. The van der Waals surface area contributed by atoms with E-state index < -0.39 is 0 Å². The molecule has 0 saturated heterocycles. The Balaban J connectivity index is 3.97. The molecule has 62 valence electrons. The molecule has 0 aliphatic heterocycles. The molecule has 0 fully saturated rings. The van der Waals surface area contributed by atoms with E-state index in [9.17, 15) is 0 Å². The SMILES string of the molecule is CC(N)=NNC(N)=NC(=N)N. The first-order valence-corrected chi connectivity index (χ1v) is 2.76. The number of rotatable bonds is 1. The first kappa shape index (κ1) is 9.21. The summed E-state index contributed by atoms with van der Waals surface area (Å²) >= 11 is 0. The maximum absolute atomic E-state index is 6.70. The van der Waals surface area contributed by atoms with E-state index in [2.05, 4.69) is 15.5 Å². The predicted octanol–water partition coefficient (Wildman–Crippen LogP) is -1.92. The zero-order valence-electron chi connectivity index (χ0n) is 6.13. The Morgan fingerprint density at radius 3 is 2.27 bits per heavy atom. The molecule has 0 aliphatic rings. The van der Waals surface area contributed by atoms with Crippen LogP contribution in [0.15, 0.2) is 10.1 Å². The van der Waals surface area contributed by atoms with E-state index in [1.165, 1.54) is 0 Å². The van der Waals surface area contributed by atoms with Crippen LogP contribution in [0.4, 0.5) is 0 Å². The van der Waals surface area contributed by atoms with Crippen LogP contribution >= 0.6 is 0 Å².